The van der Waals surface area contributed by atoms with E-state index in [9.17, 15) is 18.3 Å². The lowest BCUT2D eigenvalue weighted by atomic mass is 9.95. The van der Waals surface area contributed by atoms with E-state index < -0.39 is 35.2 Å². The molecule has 0 heterocycles. The summed E-state index contributed by atoms with van der Waals surface area (Å²) in [5.41, 5.74) is 5.16. The molecule has 0 amide bonds. The molecule has 0 aliphatic heterocycles. The Morgan fingerprint density at radius 2 is 1.58 bits per heavy atom. The van der Waals surface area contributed by atoms with Gasteiger partial charge in [0.15, 0.2) is 0 Å². The second kappa shape index (κ2) is 7.72. The Labute approximate surface area is 117 Å². The topological polar surface area (TPSA) is 46.2 Å². The number of aliphatic hydroxyl groups excluding tert-OH is 1. The van der Waals surface area contributed by atoms with Crippen molar-refractivity contribution >= 4 is 12.4 Å². The van der Waals surface area contributed by atoms with E-state index in [1.807, 2.05) is 13.8 Å². The molecule has 19 heavy (non-hydrogen) atoms. The van der Waals surface area contributed by atoms with Gasteiger partial charge in [0.1, 0.15) is 17.5 Å². The quantitative estimate of drug-likeness (QED) is 0.876. The first-order valence-corrected chi connectivity index (χ1v) is 5.91. The Hall–Kier alpha value is -0.780. The van der Waals surface area contributed by atoms with Crippen molar-refractivity contribution in [3.05, 3.63) is 35.1 Å². The zero-order valence-corrected chi connectivity index (χ0v) is 11.7. The van der Waals surface area contributed by atoms with Crippen LogP contribution in [-0.4, -0.2) is 11.2 Å². The van der Waals surface area contributed by atoms with Gasteiger partial charge >= 0.3 is 0 Å². The fourth-order valence-corrected chi connectivity index (χ4v) is 1.75. The third-order valence-electron chi connectivity index (χ3n) is 2.83. The minimum Gasteiger partial charge on any atom is -0.391 e. The zero-order chi connectivity index (χ0) is 13.9. The molecule has 0 unspecified atom stereocenters. The van der Waals surface area contributed by atoms with E-state index in [0.717, 1.165) is 0 Å². The van der Waals surface area contributed by atoms with Gasteiger partial charge in [-0.3, -0.25) is 0 Å². The molecule has 0 aromatic heterocycles. The summed E-state index contributed by atoms with van der Waals surface area (Å²) < 4.78 is 39.6. The minimum absolute atomic E-state index is 0. The van der Waals surface area contributed by atoms with Gasteiger partial charge in [-0.2, -0.15) is 0 Å². The zero-order valence-electron chi connectivity index (χ0n) is 10.9. The second-order valence-corrected chi connectivity index (χ2v) is 4.85. The van der Waals surface area contributed by atoms with Gasteiger partial charge in [-0.1, -0.05) is 13.8 Å². The number of hydrogen-bond acceptors (Lipinski definition) is 2. The molecular formula is C13H19ClF3NO. The summed E-state index contributed by atoms with van der Waals surface area (Å²) in [5.74, 6) is -2.78. The highest BCUT2D eigenvalue weighted by molar-refractivity contribution is 5.85. The lowest BCUT2D eigenvalue weighted by Crippen LogP contribution is -2.28. The number of aliphatic hydroxyl groups is 1. The SMILES string of the molecule is CC(C)CC[C@H](O)[C@H](N)c1c(F)cc(F)cc1F.Cl. The van der Waals surface area contributed by atoms with Crippen molar-refractivity contribution in [1.82, 2.24) is 0 Å². The number of rotatable bonds is 5. The summed E-state index contributed by atoms with van der Waals surface area (Å²) in [4.78, 5) is 0. The van der Waals surface area contributed by atoms with Crippen molar-refractivity contribution in [3.8, 4) is 0 Å². The fraction of sp³-hybridized carbons (Fsp3) is 0.538. The summed E-state index contributed by atoms with van der Waals surface area (Å²) in [6.07, 6.45) is -0.0177. The van der Waals surface area contributed by atoms with Crippen LogP contribution in [0.4, 0.5) is 13.2 Å². The van der Waals surface area contributed by atoms with Crippen molar-refractivity contribution in [3.63, 3.8) is 0 Å². The first kappa shape index (κ1) is 18.2. The van der Waals surface area contributed by atoms with E-state index >= 15 is 0 Å². The summed E-state index contributed by atoms with van der Waals surface area (Å²) in [5, 5.41) is 9.79. The van der Waals surface area contributed by atoms with Crippen LogP contribution in [0.15, 0.2) is 12.1 Å². The fourth-order valence-electron chi connectivity index (χ4n) is 1.75. The van der Waals surface area contributed by atoms with Gasteiger partial charge in [0.05, 0.1) is 12.1 Å². The maximum Gasteiger partial charge on any atom is 0.133 e. The lowest BCUT2D eigenvalue weighted by molar-refractivity contribution is 0.125. The first-order chi connectivity index (χ1) is 8.32. The highest BCUT2D eigenvalue weighted by atomic mass is 35.5. The third-order valence-corrected chi connectivity index (χ3v) is 2.83. The number of benzene rings is 1. The van der Waals surface area contributed by atoms with E-state index in [1.165, 1.54) is 0 Å². The van der Waals surface area contributed by atoms with Crippen LogP contribution in [0.25, 0.3) is 0 Å². The van der Waals surface area contributed by atoms with Gasteiger partial charge in [0.2, 0.25) is 0 Å². The average molecular weight is 298 g/mol. The van der Waals surface area contributed by atoms with Crippen LogP contribution in [0, 0.1) is 23.4 Å². The van der Waals surface area contributed by atoms with Gasteiger partial charge < -0.3 is 10.8 Å². The molecule has 2 atom stereocenters. The molecule has 0 bridgehead atoms. The maximum atomic E-state index is 13.4. The highest BCUT2D eigenvalue weighted by Crippen LogP contribution is 2.25. The van der Waals surface area contributed by atoms with Gasteiger partial charge in [-0.15, -0.1) is 12.4 Å². The van der Waals surface area contributed by atoms with E-state index in [4.69, 9.17) is 5.73 Å². The summed E-state index contributed by atoms with van der Waals surface area (Å²) >= 11 is 0. The summed E-state index contributed by atoms with van der Waals surface area (Å²) in [7, 11) is 0. The normalized spacial score (nSPS) is 14.1. The molecule has 1 rings (SSSR count). The van der Waals surface area contributed by atoms with Crippen LogP contribution in [0.2, 0.25) is 0 Å². The molecule has 0 aliphatic carbocycles. The van der Waals surface area contributed by atoms with Gasteiger partial charge in [0, 0.05) is 17.7 Å². The van der Waals surface area contributed by atoms with Crippen LogP contribution in [0.1, 0.15) is 38.3 Å². The molecule has 2 nitrogen and oxygen atoms in total. The third kappa shape index (κ3) is 5.01. The Morgan fingerprint density at radius 1 is 1.11 bits per heavy atom. The molecule has 0 fully saturated rings. The summed E-state index contributed by atoms with van der Waals surface area (Å²) in [6, 6.07) is -0.0645. The summed E-state index contributed by atoms with van der Waals surface area (Å²) in [6.45, 7) is 3.94. The largest absolute Gasteiger partial charge is 0.391 e. The van der Waals surface area contributed by atoms with Crippen molar-refractivity contribution < 1.29 is 18.3 Å². The monoisotopic (exact) mass is 297 g/mol. The molecule has 3 N–H and O–H groups in total. The molecule has 0 saturated carbocycles. The molecule has 0 radical (unpaired) electrons. The van der Waals surface area contributed by atoms with Crippen LogP contribution in [0.3, 0.4) is 0 Å². The Morgan fingerprint density at radius 3 is 2.00 bits per heavy atom. The predicted octanol–water partition coefficient (Wildman–Crippen LogP) is 3.32. The van der Waals surface area contributed by atoms with Crippen molar-refractivity contribution in [2.45, 2.75) is 38.8 Å². The van der Waals surface area contributed by atoms with Gasteiger partial charge in [0.25, 0.3) is 0 Å². The van der Waals surface area contributed by atoms with E-state index in [0.29, 0.717) is 30.9 Å². The van der Waals surface area contributed by atoms with Gasteiger partial charge in [-0.05, 0) is 18.8 Å². The molecule has 0 spiro atoms. The predicted molar refractivity (Wildman–Crippen MR) is 70.6 cm³/mol. The van der Waals surface area contributed by atoms with Crippen molar-refractivity contribution in [2.75, 3.05) is 0 Å². The molecule has 110 valence electrons. The first-order valence-electron chi connectivity index (χ1n) is 5.91. The van der Waals surface area contributed by atoms with Crippen molar-refractivity contribution in [1.29, 1.82) is 0 Å². The number of nitrogens with two attached hydrogens (primary N) is 1. The standard InChI is InChI=1S/C13H18F3NO.ClH/c1-7(2)3-4-11(18)13(17)12-9(15)5-8(14)6-10(12)16;/h5-7,11,13,18H,3-4,17H2,1-2H3;1H/t11-,13-;/m0./s1. The lowest BCUT2D eigenvalue weighted by Gasteiger charge is -2.21. The highest BCUT2D eigenvalue weighted by Gasteiger charge is 2.24. The van der Waals surface area contributed by atoms with Crippen LogP contribution in [-0.2, 0) is 0 Å². The molecule has 0 aliphatic rings. The van der Waals surface area contributed by atoms with Crippen LogP contribution in [0.5, 0.6) is 0 Å². The molecule has 1 aromatic rings. The average Bonchev–Trinajstić information content (AvgIpc) is 2.24. The Bertz CT molecular complexity index is 392. The van der Waals surface area contributed by atoms with E-state index in [2.05, 4.69) is 0 Å². The van der Waals surface area contributed by atoms with Crippen molar-refractivity contribution in [2.24, 2.45) is 11.7 Å². The molecule has 0 saturated heterocycles. The Balaban J connectivity index is 0.00000324. The van der Waals surface area contributed by atoms with Gasteiger partial charge in [-0.25, -0.2) is 13.2 Å². The van der Waals surface area contributed by atoms with E-state index in [-0.39, 0.29) is 12.4 Å². The van der Waals surface area contributed by atoms with Crippen LogP contribution >= 0.6 is 12.4 Å². The number of halogens is 4. The van der Waals surface area contributed by atoms with Crippen LogP contribution < -0.4 is 5.73 Å². The molecular weight excluding hydrogens is 279 g/mol. The minimum atomic E-state index is -1.19. The van der Waals surface area contributed by atoms with E-state index in [1.54, 1.807) is 0 Å². The number of hydrogen-bond donors (Lipinski definition) is 2. The Kier molecular flexibility index (Phi) is 7.41. The maximum absolute atomic E-state index is 13.4. The second-order valence-electron chi connectivity index (χ2n) is 4.85. The smallest absolute Gasteiger partial charge is 0.133 e. The molecule has 6 heteroatoms. The molecule has 1 aromatic carbocycles.